The van der Waals surface area contributed by atoms with E-state index < -0.39 is 10.0 Å². The molecule has 0 aliphatic rings. The van der Waals surface area contributed by atoms with Crippen LogP contribution in [-0.2, 0) is 14.8 Å². The van der Waals surface area contributed by atoms with Crippen LogP contribution in [0.25, 0.3) is 0 Å². The normalized spacial score (nSPS) is 11.2. The van der Waals surface area contributed by atoms with Crippen LogP contribution in [0.4, 0.5) is 11.4 Å². The van der Waals surface area contributed by atoms with Crippen LogP contribution in [-0.4, -0.2) is 46.4 Å². The van der Waals surface area contributed by atoms with Crippen molar-refractivity contribution in [2.75, 3.05) is 38.4 Å². The van der Waals surface area contributed by atoms with Gasteiger partial charge in [0, 0.05) is 19.8 Å². The lowest BCUT2D eigenvalue weighted by Gasteiger charge is -2.13. The highest BCUT2D eigenvalue weighted by atomic mass is 32.2. The van der Waals surface area contributed by atoms with E-state index in [1.54, 1.807) is 25.3 Å². The summed E-state index contributed by atoms with van der Waals surface area (Å²) in [5, 5.41) is 5.70. The van der Waals surface area contributed by atoms with Gasteiger partial charge in [-0.3, -0.25) is 4.79 Å². The maximum Gasteiger partial charge on any atom is 0.243 e. The molecule has 0 spiro atoms. The Bertz CT molecular complexity index is 833. The number of carbonyl (C=O) groups is 1. The van der Waals surface area contributed by atoms with Crippen molar-refractivity contribution in [3.8, 4) is 5.75 Å². The molecule has 0 bridgehead atoms. The quantitative estimate of drug-likeness (QED) is 0.786. The minimum Gasteiger partial charge on any atom is -0.495 e. The van der Waals surface area contributed by atoms with Crippen molar-refractivity contribution < 1.29 is 17.9 Å². The fourth-order valence-electron chi connectivity index (χ4n) is 2.09. The molecule has 2 aromatic rings. The Morgan fingerprint density at radius 1 is 1.08 bits per heavy atom. The standard InChI is InChI=1S/C17H21N3O4S/c1-20(2)25(22,23)14-10-8-13(9-11-14)19-17(21)12-18-15-6-4-5-7-16(15)24-3/h4-11,18H,12H2,1-3H3,(H,19,21). The Kier molecular flexibility index (Phi) is 6.00. The summed E-state index contributed by atoms with van der Waals surface area (Å²) in [5.41, 5.74) is 1.23. The minimum absolute atomic E-state index is 0.0537. The SMILES string of the molecule is COc1ccccc1NCC(=O)Nc1ccc(S(=O)(=O)N(C)C)cc1. The van der Waals surface area contributed by atoms with Crippen molar-refractivity contribution in [1.82, 2.24) is 4.31 Å². The molecule has 0 radical (unpaired) electrons. The number of benzene rings is 2. The molecule has 134 valence electrons. The average Bonchev–Trinajstić information content (AvgIpc) is 2.60. The van der Waals surface area contributed by atoms with Crippen LogP contribution in [0.3, 0.4) is 0 Å². The Morgan fingerprint density at radius 2 is 1.72 bits per heavy atom. The smallest absolute Gasteiger partial charge is 0.243 e. The number of ether oxygens (including phenoxy) is 1. The van der Waals surface area contributed by atoms with Gasteiger partial charge in [0.1, 0.15) is 5.75 Å². The Balaban J connectivity index is 1.97. The third kappa shape index (κ3) is 4.71. The first-order chi connectivity index (χ1) is 11.8. The zero-order valence-electron chi connectivity index (χ0n) is 14.3. The number of hydrogen-bond acceptors (Lipinski definition) is 5. The second-order valence-electron chi connectivity index (χ2n) is 5.41. The summed E-state index contributed by atoms with van der Waals surface area (Å²) < 4.78 is 30.3. The number of hydrogen-bond donors (Lipinski definition) is 2. The predicted molar refractivity (Wildman–Crippen MR) is 97.4 cm³/mol. The van der Waals surface area contributed by atoms with E-state index >= 15 is 0 Å². The number of sulfonamides is 1. The van der Waals surface area contributed by atoms with Crippen LogP contribution in [0.2, 0.25) is 0 Å². The van der Waals surface area contributed by atoms with Crippen LogP contribution >= 0.6 is 0 Å². The van der Waals surface area contributed by atoms with E-state index in [1.807, 2.05) is 18.2 Å². The molecule has 7 nitrogen and oxygen atoms in total. The molecule has 8 heteroatoms. The van der Waals surface area contributed by atoms with E-state index in [4.69, 9.17) is 4.74 Å². The van der Waals surface area contributed by atoms with Gasteiger partial charge in [-0.1, -0.05) is 12.1 Å². The van der Waals surface area contributed by atoms with Crippen LogP contribution < -0.4 is 15.4 Å². The number of anilines is 2. The van der Waals surface area contributed by atoms with Gasteiger partial charge >= 0.3 is 0 Å². The summed E-state index contributed by atoms with van der Waals surface area (Å²) in [4.78, 5) is 12.2. The first-order valence-electron chi connectivity index (χ1n) is 7.54. The van der Waals surface area contributed by atoms with Crippen LogP contribution in [0.5, 0.6) is 5.75 Å². The number of amides is 1. The summed E-state index contributed by atoms with van der Waals surface area (Å²) in [7, 11) is 1.01. The van der Waals surface area contributed by atoms with Crippen molar-refractivity contribution in [3.63, 3.8) is 0 Å². The number of para-hydroxylation sites is 2. The zero-order chi connectivity index (χ0) is 18.4. The molecule has 0 fully saturated rings. The van der Waals surface area contributed by atoms with Crippen LogP contribution in [0.1, 0.15) is 0 Å². The number of nitrogens with one attached hydrogen (secondary N) is 2. The van der Waals surface area contributed by atoms with Gasteiger partial charge in [0.25, 0.3) is 0 Å². The number of carbonyl (C=O) groups excluding carboxylic acids is 1. The highest BCUT2D eigenvalue weighted by Crippen LogP contribution is 2.22. The van der Waals surface area contributed by atoms with E-state index in [0.29, 0.717) is 17.1 Å². The van der Waals surface area contributed by atoms with Gasteiger partial charge in [-0.15, -0.1) is 0 Å². The van der Waals surface area contributed by atoms with Gasteiger partial charge in [0.15, 0.2) is 0 Å². The minimum atomic E-state index is -3.48. The van der Waals surface area contributed by atoms with Crippen molar-refractivity contribution in [3.05, 3.63) is 48.5 Å². The van der Waals surface area contributed by atoms with Gasteiger partial charge in [0.05, 0.1) is 24.2 Å². The van der Waals surface area contributed by atoms with E-state index in [0.717, 1.165) is 4.31 Å². The molecule has 1 amide bonds. The summed E-state index contributed by atoms with van der Waals surface area (Å²) in [6.45, 7) is 0.0537. The number of rotatable bonds is 7. The molecule has 0 aromatic heterocycles. The summed E-state index contributed by atoms with van der Waals surface area (Å²) in [6.07, 6.45) is 0. The second kappa shape index (κ2) is 8.00. The van der Waals surface area contributed by atoms with Crippen LogP contribution in [0, 0.1) is 0 Å². The molecule has 2 N–H and O–H groups in total. The highest BCUT2D eigenvalue weighted by Gasteiger charge is 2.16. The molecule has 2 rings (SSSR count). The Labute approximate surface area is 147 Å². The van der Waals surface area contributed by atoms with E-state index in [2.05, 4.69) is 10.6 Å². The Morgan fingerprint density at radius 3 is 2.32 bits per heavy atom. The molecule has 0 heterocycles. The van der Waals surface area contributed by atoms with E-state index in [9.17, 15) is 13.2 Å². The van der Waals surface area contributed by atoms with Gasteiger partial charge in [-0.25, -0.2) is 12.7 Å². The molecule has 2 aromatic carbocycles. The summed E-state index contributed by atoms with van der Waals surface area (Å²) >= 11 is 0. The maximum absolute atomic E-state index is 12.0. The van der Waals surface area contributed by atoms with Crippen molar-refractivity contribution in [2.24, 2.45) is 0 Å². The van der Waals surface area contributed by atoms with Gasteiger partial charge in [-0.2, -0.15) is 0 Å². The molecule has 0 atom stereocenters. The lowest BCUT2D eigenvalue weighted by Crippen LogP contribution is -2.23. The topological polar surface area (TPSA) is 87.7 Å². The fraction of sp³-hybridized carbons (Fsp3) is 0.235. The lowest BCUT2D eigenvalue weighted by atomic mass is 10.3. The maximum atomic E-state index is 12.0. The molecule has 0 aliphatic carbocycles. The molecular weight excluding hydrogens is 342 g/mol. The van der Waals surface area contributed by atoms with Crippen LogP contribution in [0.15, 0.2) is 53.4 Å². The first kappa shape index (κ1) is 18.8. The largest absolute Gasteiger partial charge is 0.495 e. The molecule has 25 heavy (non-hydrogen) atoms. The monoisotopic (exact) mass is 363 g/mol. The average molecular weight is 363 g/mol. The molecular formula is C17H21N3O4S. The Hall–Kier alpha value is -2.58. The number of nitrogens with zero attached hydrogens (tertiary/aromatic N) is 1. The highest BCUT2D eigenvalue weighted by molar-refractivity contribution is 7.89. The summed E-state index contributed by atoms with van der Waals surface area (Å²) in [5.74, 6) is 0.391. The molecule has 0 saturated heterocycles. The molecule has 0 aliphatic heterocycles. The van der Waals surface area contributed by atoms with Crippen molar-refractivity contribution in [2.45, 2.75) is 4.90 Å². The third-order valence-electron chi connectivity index (χ3n) is 3.46. The zero-order valence-corrected chi connectivity index (χ0v) is 15.1. The van der Waals surface area contributed by atoms with Gasteiger partial charge < -0.3 is 15.4 Å². The predicted octanol–water partition coefficient (Wildman–Crippen LogP) is 2.00. The third-order valence-corrected chi connectivity index (χ3v) is 5.29. The van der Waals surface area contributed by atoms with Crippen molar-refractivity contribution >= 4 is 27.3 Å². The van der Waals surface area contributed by atoms with Gasteiger partial charge in [0.2, 0.25) is 15.9 Å². The second-order valence-corrected chi connectivity index (χ2v) is 7.57. The first-order valence-corrected chi connectivity index (χ1v) is 8.98. The number of methoxy groups -OCH3 is 1. The fourth-order valence-corrected chi connectivity index (χ4v) is 2.99. The lowest BCUT2D eigenvalue weighted by molar-refractivity contribution is -0.114. The van der Waals surface area contributed by atoms with Gasteiger partial charge in [-0.05, 0) is 36.4 Å². The molecule has 0 saturated carbocycles. The van der Waals surface area contributed by atoms with E-state index in [-0.39, 0.29) is 17.3 Å². The van der Waals surface area contributed by atoms with Crippen molar-refractivity contribution in [1.29, 1.82) is 0 Å². The molecule has 0 unspecified atom stereocenters. The summed E-state index contributed by atoms with van der Waals surface area (Å²) in [6, 6.07) is 13.3. The van der Waals surface area contributed by atoms with E-state index in [1.165, 1.54) is 26.2 Å².